The van der Waals surface area contributed by atoms with Gasteiger partial charge in [-0.15, -0.1) is 0 Å². The average Bonchev–Trinajstić information content (AvgIpc) is 2.16. The molecule has 1 aliphatic rings. The summed E-state index contributed by atoms with van der Waals surface area (Å²) in [6.07, 6.45) is 4.26. The van der Waals surface area contributed by atoms with Gasteiger partial charge >= 0.3 is 0 Å². The topological polar surface area (TPSA) is 59.2 Å². The number of hydrogen-bond donors (Lipinski definition) is 1. The molecular formula is C10H13N3O. The third-order valence-electron chi connectivity index (χ3n) is 2.60. The molecule has 0 atom stereocenters. The molecule has 0 saturated heterocycles. The first-order valence-electron chi connectivity index (χ1n) is 4.62. The zero-order valence-electron chi connectivity index (χ0n) is 8.16. The van der Waals surface area contributed by atoms with Crippen LogP contribution in [0, 0.1) is 0 Å². The van der Waals surface area contributed by atoms with Crippen LogP contribution in [0.2, 0.25) is 0 Å². The molecule has 1 aromatic rings. The smallest absolute Gasteiger partial charge is 0.250 e. The van der Waals surface area contributed by atoms with E-state index < -0.39 is 0 Å². The molecule has 4 nitrogen and oxygen atoms in total. The number of amides is 1. The standard InChI is InChI=1S/C10H13N3O/c1-13-3-2-8-7(6-13)4-12-5-9(8)10(11)14/h4-5H,2-3,6H2,1H3,(H2,11,14). The van der Waals surface area contributed by atoms with Crippen LogP contribution >= 0.6 is 0 Å². The number of nitrogens with zero attached hydrogens (tertiary/aromatic N) is 2. The molecule has 0 aliphatic carbocycles. The van der Waals surface area contributed by atoms with E-state index in [1.54, 1.807) is 6.20 Å². The fourth-order valence-corrected chi connectivity index (χ4v) is 1.85. The summed E-state index contributed by atoms with van der Waals surface area (Å²) in [7, 11) is 2.06. The van der Waals surface area contributed by atoms with E-state index in [9.17, 15) is 4.79 Å². The van der Waals surface area contributed by atoms with Crippen LogP contribution < -0.4 is 5.73 Å². The van der Waals surface area contributed by atoms with Crippen LogP contribution in [0.5, 0.6) is 0 Å². The lowest BCUT2D eigenvalue weighted by molar-refractivity contribution is 0.0998. The van der Waals surface area contributed by atoms with E-state index >= 15 is 0 Å². The molecule has 1 aromatic heterocycles. The molecule has 1 amide bonds. The average molecular weight is 191 g/mol. The number of pyridine rings is 1. The maximum Gasteiger partial charge on any atom is 0.250 e. The van der Waals surface area contributed by atoms with Crippen molar-refractivity contribution in [3.63, 3.8) is 0 Å². The number of primary amides is 1. The van der Waals surface area contributed by atoms with Gasteiger partial charge in [0.2, 0.25) is 0 Å². The van der Waals surface area contributed by atoms with E-state index in [4.69, 9.17) is 5.73 Å². The van der Waals surface area contributed by atoms with Gasteiger partial charge < -0.3 is 10.6 Å². The van der Waals surface area contributed by atoms with E-state index in [1.807, 2.05) is 6.20 Å². The first-order chi connectivity index (χ1) is 6.68. The number of nitrogens with two attached hydrogens (primary N) is 1. The Hall–Kier alpha value is -1.42. The largest absolute Gasteiger partial charge is 0.366 e. The van der Waals surface area contributed by atoms with Crippen molar-refractivity contribution in [2.75, 3.05) is 13.6 Å². The molecule has 2 rings (SSSR count). The van der Waals surface area contributed by atoms with Crippen LogP contribution in [-0.2, 0) is 13.0 Å². The molecule has 0 spiro atoms. The summed E-state index contributed by atoms with van der Waals surface area (Å²) < 4.78 is 0. The number of hydrogen-bond acceptors (Lipinski definition) is 3. The number of rotatable bonds is 1. The van der Waals surface area contributed by atoms with Crippen LogP contribution in [0.1, 0.15) is 21.5 Å². The quantitative estimate of drug-likeness (QED) is 0.688. The van der Waals surface area contributed by atoms with Gasteiger partial charge in [-0.05, 0) is 24.6 Å². The summed E-state index contributed by atoms with van der Waals surface area (Å²) in [4.78, 5) is 17.4. The summed E-state index contributed by atoms with van der Waals surface area (Å²) in [6, 6.07) is 0. The number of fused-ring (bicyclic) bond motifs is 1. The van der Waals surface area contributed by atoms with Crippen LogP contribution in [0.4, 0.5) is 0 Å². The van der Waals surface area contributed by atoms with Gasteiger partial charge in [0.05, 0.1) is 5.56 Å². The zero-order valence-corrected chi connectivity index (χ0v) is 8.16. The molecule has 0 aromatic carbocycles. The van der Waals surface area contributed by atoms with Crippen molar-refractivity contribution in [2.45, 2.75) is 13.0 Å². The van der Waals surface area contributed by atoms with E-state index in [2.05, 4.69) is 16.9 Å². The fourth-order valence-electron chi connectivity index (χ4n) is 1.85. The van der Waals surface area contributed by atoms with Gasteiger partial charge in [-0.3, -0.25) is 9.78 Å². The Morgan fingerprint density at radius 1 is 1.57 bits per heavy atom. The normalized spacial score (nSPS) is 16.4. The molecule has 2 N–H and O–H groups in total. The van der Waals surface area contributed by atoms with Gasteiger partial charge in [0.1, 0.15) is 0 Å². The van der Waals surface area contributed by atoms with Crippen molar-refractivity contribution < 1.29 is 4.79 Å². The Balaban J connectivity index is 2.46. The highest BCUT2D eigenvalue weighted by atomic mass is 16.1. The summed E-state index contributed by atoms with van der Waals surface area (Å²) in [6.45, 7) is 1.82. The van der Waals surface area contributed by atoms with Crippen LogP contribution in [0.25, 0.3) is 0 Å². The van der Waals surface area contributed by atoms with Crippen molar-refractivity contribution in [1.82, 2.24) is 9.88 Å². The summed E-state index contributed by atoms with van der Waals surface area (Å²) in [5, 5.41) is 0. The predicted octanol–water partition coefficient (Wildman–Crippen LogP) is 0.168. The molecule has 74 valence electrons. The van der Waals surface area contributed by atoms with Gasteiger partial charge in [0.25, 0.3) is 5.91 Å². The van der Waals surface area contributed by atoms with Crippen molar-refractivity contribution in [3.05, 3.63) is 29.1 Å². The Morgan fingerprint density at radius 3 is 3.07 bits per heavy atom. The van der Waals surface area contributed by atoms with Gasteiger partial charge in [0.15, 0.2) is 0 Å². The maximum absolute atomic E-state index is 11.1. The maximum atomic E-state index is 11.1. The SMILES string of the molecule is CN1CCc2c(cncc2C(N)=O)C1. The Bertz CT molecular complexity index is 376. The van der Waals surface area contributed by atoms with E-state index in [1.165, 1.54) is 0 Å². The molecule has 0 unspecified atom stereocenters. The number of aromatic nitrogens is 1. The lowest BCUT2D eigenvalue weighted by Gasteiger charge is -2.25. The molecule has 0 saturated carbocycles. The summed E-state index contributed by atoms with van der Waals surface area (Å²) in [5.74, 6) is -0.376. The van der Waals surface area contributed by atoms with Crippen LogP contribution in [-0.4, -0.2) is 29.4 Å². The third kappa shape index (κ3) is 1.48. The van der Waals surface area contributed by atoms with Gasteiger partial charge in [0, 0.05) is 25.5 Å². The van der Waals surface area contributed by atoms with Crippen LogP contribution in [0.15, 0.2) is 12.4 Å². The van der Waals surface area contributed by atoms with Crippen molar-refractivity contribution in [2.24, 2.45) is 5.73 Å². The highest BCUT2D eigenvalue weighted by Gasteiger charge is 2.18. The lowest BCUT2D eigenvalue weighted by Crippen LogP contribution is -2.29. The van der Waals surface area contributed by atoms with Crippen LogP contribution in [0.3, 0.4) is 0 Å². The van der Waals surface area contributed by atoms with Gasteiger partial charge in [-0.25, -0.2) is 0 Å². The molecule has 0 fully saturated rings. The molecule has 0 radical (unpaired) electrons. The molecule has 1 aliphatic heterocycles. The predicted molar refractivity (Wildman–Crippen MR) is 52.8 cm³/mol. The van der Waals surface area contributed by atoms with Gasteiger partial charge in [-0.2, -0.15) is 0 Å². The second-order valence-electron chi connectivity index (χ2n) is 3.68. The minimum atomic E-state index is -0.376. The number of likely N-dealkylation sites (N-methyl/N-ethyl adjacent to an activating group) is 1. The minimum absolute atomic E-state index is 0.376. The third-order valence-corrected chi connectivity index (χ3v) is 2.60. The van der Waals surface area contributed by atoms with E-state index in [0.29, 0.717) is 5.56 Å². The monoisotopic (exact) mass is 191 g/mol. The molecular weight excluding hydrogens is 178 g/mol. The minimum Gasteiger partial charge on any atom is -0.366 e. The first-order valence-corrected chi connectivity index (χ1v) is 4.62. The number of carbonyl (C=O) groups is 1. The van der Waals surface area contributed by atoms with Crippen molar-refractivity contribution >= 4 is 5.91 Å². The molecule has 2 heterocycles. The fraction of sp³-hybridized carbons (Fsp3) is 0.400. The Morgan fingerprint density at radius 2 is 2.36 bits per heavy atom. The van der Waals surface area contributed by atoms with E-state index in [0.717, 1.165) is 30.6 Å². The highest BCUT2D eigenvalue weighted by molar-refractivity contribution is 5.94. The molecule has 4 heteroatoms. The summed E-state index contributed by atoms with van der Waals surface area (Å²) >= 11 is 0. The highest BCUT2D eigenvalue weighted by Crippen LogP contribution is 2.19. The van der Waals surface area contributed by atoms with Gasteiger partial charge in [-0.1, -0.05) is 0 Å². The second-order valence-corrected chi connectivity index (χ2v) is 3.68. The second kappa shape index (κ2) is 3.38. The first kappa shape index (κ1) is 9.15. The Labute approximate surface area is 82.7 Å². The van der Waals surface area contributed by atoms with Crippen molar-refractivity contribution in [1.29, 1.82) is 0 Å². The lowest BCUT2D eigenvalue weighted by atomic mass is 9.97. The number of carbonyl (C=O) groups excluding carboxylic acids is 1. The Kier molecular flexibility index (Phi) is 2.21. The summed E-state index contributed by atoms with van der Waals surface area (Å²) in [5.41, 5.74) is 8.05. The molecule has 14 heavy (non-hydrogen) atoms. The molecule has 0 bridgehead atoms. The van der Waals surface area contributed by atoms with Crippen molar-refractivity contribution in [3.8, 4) is 0 Å². The zero-order chi connectivity index (χ0) is 10.1. The van der Waals surface area contributed by atoms with E-state index in [-0.39, 0.29) is 5.91 Å².